The fourth-order valence-electron chi connectivity index (χ4n) is 3.19. The normalized spacial score (nSPS) is 20.0. The van der Waals surface area contributed by atoms with Gasteiger partial charge in [0.05, 0.1) is 5.69 Å². The van der Waals surface area contributed by atoms with Crippen LogP contribution in [0.4, 0.5) is 10.1 Å². The molecule has 1 aromatic rings. The van der Waals surface area contributed by atoms with Crippen LogP contribution in [0.1, 0.15) is 56.4 Å². The highest BCUT2D eigenvalue weighted by atomic mass is 19.1. The van der Waals surface area contributed by atoms with Gasteiger partial charge >= 0.3 is 0 Å². The van der Waals surface area contributed by atoms with Gasteiger partial charge < -0.3 is 0 Å². The van der Waals surface area contributed by atoms with Gasteiger partial charge in [-0.15, -0.1) is 0 Å². The molecule has 1 N–H and O–H groups in total. The summed E-state index contributed by atoms with van der Waals surface area (Å²) in [7, 11) is 0. The number of carbonyl (C=O) groups excluding carboxylic acids is 3. The van der Waals surface area contributed by atoms with E-state index in [-0.39, 0.29) is 29.3 Å². The van der Waals surface area contributed by atoms with Gasteiger partial charge in [-0.05, 0) is 42.9 Å². The number of nitrogens with zero attached hydrogens (tertiary/aromatic N) is 1. The quantitative estimate of drug-likeness (QED) is 0.870. The van der Waals surface area contributed by atoms with Crippen LogP contribution in [0.5, 0.6) is 0 Å². The Morgan fingerprint density at radius 3 is 2.26 bits per heavy atom. The number of piperidine rings is 1. The Hall–Kier alpha value is -2.24. The monoisotopic (exact) mass is 318 g/mol. The van der Waals surface area contributed by atoms with Crippen molar-refractivity contribution in [3.8, 4) is 0 Å². The van der Waals surface area contributed by atoms with E-state index in [0.717, 1.165) is 5.01 Å². The third-order valence-corrected chi connectivity index (χ3v) is 4.50. The van der Waals surface area contributed by atoms with E-state index in [9.17, 15) is 18.8 Å². The van der Waals surface area contributed by atoms with Crippen LogP contribution in [-0.4, -0.2) is 22.6 Å². The van der Waals surface area contributed by atoms with Crippen LogP contribution in [0.3, 0.4) is 0 Å². The van der Waals surface area contributed by atoms with Crippen molar-refractivity contribution in [2.24, 2.45) is 0 Å². The molecule has 122 valence electrons. The Balaban J connectivity index is 1.73. The van der Waals surface area contributed by atoms with E-state index in [1.54, 1.807) is 12.1 Å². The summed E-state index contributed by atoms with van der Waals surface area (Å²) < 4.78 is 14.4. The number of hydrogen-bond acceptors (Lipinski definition) is 4. The van der Waals surface area contributed by atoms with Crippen LogP contribution in [0, 0.1) is 5.82 Å². The number of rotatable bonds is 3. The molecule has 0 radical (unpaired) electrons. The van der Waals surface area contributed by atoms with Crippen molar-refractivity contribution in [1.29, 1.82) is 0 Å². The Kier molecular flexibility index (Phi) is 4.41. The van der Waals surface area contributed by atoms with E-state index < -0.39 is 0 Å². The van der Waals surface area contributed by atoms with Gasteiger partial charge in [-0.3, -0.25) is 19.8 Å². The highest BCUT2D eigenvalue weighted by Crippen LogP contribution is 2.33. The van der Waals surface area contributed by atoms with Crippen molar-refractivity contribution in [3.63, 3.8) is 0 Å². The fourth-order valence-corrected chi connectivity index (χ4v) is 3.19. The zero-order chi connectivity index (χ0) is 16.4. The van der Waals surface area contributed by atoms with E-state index in [2.05, 4.69) is 5.43 Å². The molecule has 2 amide bonds. The van der Waals surface area contributed by atoms with Crippen LogP contribution in [0.2, 0.25) is 0 Å². The van der Waals surface area contributed by atoms with E-state index >= 15 is 0 Å². The summed E-state index contributed by atoms with van der Waals surface area (Å²) in [6, 6.07) is 4.65. The molecule has 0 atom stereocenters. The summed E-state index contributed by atoms with van der Waals surface area (Å²) in [4.78, 5) is 34.8. The highest BCUT2D eigenvalue weighted by molar-refractivity contribution is 5.98. The number of benzene rings is 1. The summed E-state index contributed by atoms with van der Waals surface area (Å²) >= 11 is 0. The molecule has 2 fully saturated rings. The predicted octanol–water partition coefficient (Wildman–Crippen LogP) is 2.92. The fraction of sp³-hybridized carbons (Fsp3) is 0.471. The van der Waals surface area contributed by atoms with E-state index in [0.29, 0.717) is 56.2 Å². The van der Waals surface area contributed by atoms with Crippen molar-refractivity contribution >= 4 is 23.3 Å². The van der Waals surface area contributed by atoms with Crippen molar-refractivity contribution in [2.75, 3.05) is 5.43 Å². The van der Waals surface area contributed by atoms with Crippen LogP contribution in [-0.2, 0) is 14.4 Å². The first kappa shape index (κ1) is 15.6. The van der Waals surface area contributed by atoms with Crippen molar-refractivity contribution in [3.05, 3.63) is 29.6 Å². The lowest BCUT2D eigenvalue weighted by Gasteiger charge is -2.26. The molecule has 1 heterocycles. The standard InChI is InChI=1S/C17H19FN2O3/c18-15-10-12(19-20-16(22)2-1-3-17(20)23)6-9-14(15)11-4-7-13(21)8-5-11/h6,9-11,19H,1-5,7-8H2. The van der Waals surface area contributed by atoms with Crippen molar-refractivity contribution in [1.82, 2.24) is 5.01 Å². The van der Waals surface area contributed by atoms with Crippen LogP contribution < -0.4 is 5.43 Å². The van der Waals surface area contributed by atoms with Gasteiger partial charge in [-0.1, -0.05) is 6.07 Å². The largest absolute Gasteiger partial charge is 0.300 e. The summed E-state index contributed by atoms with van der Waals surface area (Å²) in [6.45, 7) is 0. The maximum atomic E-state index is 14.4. The first-order chi connectivity index (χ1) is 11.0. The molecule has 5 nitrogen and oxygen atoms in total. The van der Waals surface area contributed by atoms with E-state index in [1.165, 1.54) is 6.07 Å². The van der Waals surface area contributed by atoms with Crippen LogP contribution in [0.25, 0.3) is 0 Å². The lowest BCUT2D eigenvalue weighted by atomic mass is 9.83. The number of hydrogen-bond donors (Lipinski definition) is 1. The second-order valence-electron chi connectivity index (χ2n) is 6.14. The van der Waals surface area contributed by atoms with Gasteiger partial charge in [0.15, 0.2) is 0 Å². The minimum Gasteiger partial charge on any atom is -0.300 e. The molecule has 6 heteroatoms. The molecule has 1 saturated carbocycles. The van der Waals surface area contributed by atoms with Gasteiger partial charge in [0, 0.05) is 25.7 Å². The SMILES string of the molecule is O=C1CCC(c2ccc(NN3C(=O)CCCC3=O)cc2F)CC1. The molecule has 1 saturated heterocycles. The van der Waals surface area contributed by atoms with Gasteiger partial charge in [0.1, 0.15) is 11.6 Å². The highest BCUT2D eigenvalue weighted by Gasteiger charge is 2.27. The average molecular weight is 318 g/mol. The number of Topliss-reactive ketones (excluding diaryl/α,β-unsaturated/α-hetero) is 1. The first-order valence-corrected chi connectivity index (χ1v) is 7.98. The van der Waals surface area contributed by atoms with Crippen LogP contribution in [0.15, 0.2) is 18.2 Å². The summed E-state index contributed by atoms with van der Waals surface area (Å²) in [5.74, 6) is -0.665. The lowest BCUT2D eigenvalue weighted by molar-refractivity contribution is -0.146. The van der Waals surface area contributed by atoms with Gasteiger partial charge in [-0.25, -0.2) is 4.39 Å². The van der Waals surface area contributed by atoms with Gasteiger partial charge in [0.25, 0.3) is 0 Å². The third-order valence-electron chi connectivity index (χ3n) is 4.50. The van der Waals surface area contributed by atoms with E-state index in [4.69, 9.17) is 0 Å². The molecule has 3 rings (SSSR count). The number of anilines is 1. The Bertz CT molecular complexity index is 633. The van der Waals surface area contributed by atoms with Crippen molar-refractivity contribution < 1.29 is 18.8 Å². The summed E-state index contributed by atoms with van der Waals surface area (Å²) in [6.07, 6.45) is 3.54. The third kappa shape index (κ3) is 3.41. The minimum atomic E-state index is -0.369. The zero-order valence-corrected chi connectivity index (χ0v) is 12.8. The second-order valence-corrected chi connectivity index (χ2v) is 6.14. The molecule has 1 aromatic carbocycles. The van der Waals surface area contributed by atoms with Crippen molar-refractivity contribution in [2.45, 2.75) is 50.9 Å². The number of hydrazine groups is 1. The topological polar surface area (TPSA) is 66.5 Å². The predicted molar refractivity (Wildman–Crippen MR) is 81.9 cm³/mol. The zero-order valence-electron chi connectivity index (χ0n) is 12.8. The molecular formula is C17H19FN2O3. The molecule has 0 bridgehead atoms. The number of nitrogens with one attached hydrogen (secondary N) is 1. The number of carbonyl (C=O) groups is 3. The lowest BCUT2D eigenvalue weighted by Crippen LogP contribution is -2.44. The van der Waals surface area contributed by atoms with Gasteiger partial charge in [-0.2, -0.15) is 5.01 Å². The minimum absolute atomic E-state index is 0.0556. The molecular weight excluding hydrogens is 299 g/mol. The molecule has 1 aliphatic heterocycles. The second kappa shape index (κ2) is 6.48. The van der Waals surface area contributed by atoms with Crippen LogP contribution >= 0.6 is 0 Å². The molecule has 1 aliphatic carbocycles. The summed E-state index contributed by atoms with van der Waals surface area (Å²) in [5.41, 5.74) is 3.67. The number of ketones is 1. The maximum Gasteiger partial charge on any atom is 0.248 e. The number of imide groups is 1. The Morgan fingerprint density at radius 1 is 1.00 bits per heavy atom. The molecule has 0 unspecified atom stereocenters. The number of halogens is 1. The van der Waals surface area contributed by atoms with Gasteiger partial charge in [0.2, 0.25) is 11.8 Å². The molecule has 0 aromatic heterocycles. The number of amides is 2. The molecule has 0 spiro atoms. The Morgan fingerprint density at radius 2 is 1.65 bits per heavy atom. The molecule has 23 heavy (non-hydrogen) atoms. The first-order valence-electron chi connectivity index (χ1n) is 7.98. The van der Waals surface area contributed by atoms with E-state index in [1.807, 2.05) is 0 Å². The molecule has 2 aliphatic rings. The Labute approximate surface area is 133 Å². The maximum absolute atomic E-state index is 14.4. The average Bonchev–Trinajstić information content (AvgIpc) is 2.52. The summed E-state index contributed by atoms with van der Waals surface area (Å²) in [5, 5.41) is 0.969. The smallest absolute Gasteiger partial charge is 0.248 e.